The van der Waals surface area contributed by atoms with E-state index >= 15 is 0 Å². The second kappa shape index (κ2) is 6.60. The fraction of sp³-hybridized carbons (Fsp3) is 0.625. The first kappa shape index (κ1) is 16.0. The Morgan fingerprint density at radius 3 is 2.62 bits per heavy atom. The summed E-state index contributed by atoms with van der Waals surface area (Å²) in [5.74, 6) is 1.77. The summed E-state index contributed by atoms with van der Waals surface area (Å²) >= 11 is 1.58. The Balaban J connectivity index is 1.95. The van der Waals surface area contributed by atoms with Crippen LogP contribution < -0.4 is 5.32 Å². The maximum Gasteiger partial charge on any atom is 0.225 e. The molecule has 4 nitrogen and oxygen atoms in total. The Labute approximate surface area is 130 Å². The predicted molar refractivity (Wildman–Crippen MR) is 87.7 cm³/mol. The molecule has 116 valence electrons. The lowest BCUT2D eigenvalue weighted by molar-refractivity contribution is -0.120. The van der Waals surface area contributed by atoms with Gasteiger partial charge in [-0.25, -0.2) is 4.98 Å². The third kappa shape index (κ3) is 3.84. The third-order valence-corrected chi connectivity index (χ3v) is 4.88. The molecule has 2 aromatic heterocycles. The first-order valence-electron chi connectivity index (χ1n) is 7.57. The van der Waals surface area contributed by atoms with Gasteiger partial charge in [0.15, 0.2) is 4.96 Å². The van der Waals surface area contributed by atoms with Crippen LogP contribution in [0.15, 0.2) is 11.6 Å². The molecule has 1 N–H and O–H groups in total. The third-order valence-electron chi connectivity index (χ3n) is 3.99. The number of nitrogens with one attached hydrogen (secondary N) is 1. The standard InChI is InChI=1S/C16H25N3OS/c1-10(2)14(11(3)4)7-17-15(20)6-13-9-21-16-18-12(5)8-19(13)16/h8-11,14H,6-7H2,1-5H3,(H,17,20). The van der Waals surface area contributed by atoms with Gasteiger partial charge in [0.25, 0.3) is 0 Å². The topological polar surface area (TPSA) is 46.4 Å². The van der Waals surface area contributed by atoms with E-state index < -0.39 is 0 Å². The molecule has 0 fully saturated rings. The lowest BCUT2D eigenvalue weighted by Crippen LogP contribution is -2.34. The van der Waals surface area contributed by atoms with Gasteiger partial charge in [-0.15, -0.1) is 11.3 Å². The summed E-state index contributed by atoms with van der Waals surface area (Å²) in [6, 6.07) is 0. The molecule has 0 aliphatic heterocycles. The Morgan fingerprint density at radius 1 is 1.33 bits per heavy atom. The Hall–Kier alpha value is -1.36. The number of thiazole rings is 1. The minimum atomic E-state index is 0.0901. The molecule has 2 aromatic rings. The summed E-state index contributed by atoms with van der Waals surface area (Å²) in [6.45, 7) is 11.6. The molecule has 0 radical (unpaired) electrons. The van der Waals surface area contributed by atoms with E-state index in [1.54, 1.807) is 11.3 Å². The lowest BCUT2D eigenvalue weighted by atomic mass is 9.85. The van der Waals surface area contributed by atoms with Gasteiger partial charge < -0.3 is 5.32 Å². The van der Waals surface area contributed by atoms with Crippen molar-refractivity contribution in [2.24, 2.45) is 17.8 Å². The molecule has 0 bridgehead atoms. The van der Waals surface area contributed by atoms with Crippen molar-refractivity contribution < 1.29 is 4.79 Å². The van der Waals surface area contributed by atoms with Crippen LogP contribution in [0.2, 0.25) is 0 Å². The largest absolute Gasteiger partial charge is 0.355 e. The predicted octanol–water partition coefficient (Wildman–Crippen LogP) is 3.29. The molecule has 0 aliphatic carbocycles. The summed E-state index contributed by atoms with van der Waals surface area (Å²) < 4.78 is 2.02. The SMILES string of the molecule is Cc1cn2c(CC(=O)NCC(C(C)C)C(C)C)csc2n1. The van der Waals surface area contributed by atoms with E-state index in [0.29, 0.717) is 24.2 Å². The molecule has 0 atom stereocenters. The Kier molecular flexibility index (Phi) is 5.04. The number of aryl methyl sites for hydroxylation is 1. The van der Waals surface area contributed by atoms with Crippen LogP contribution >= 0.6 is 11.3 Å². The van der Waals surface area contributed by atoms with Gasteiger partial charge in [-0.1, -0.05) is 27.7 Å². The van der Waals surface area contributed by atoms with Crippen LogP contribution in [0.1, 0.15) is 39.1 Å². The normalized spacial score (nSPS) is 12.0. The molecule has 0 spiro atoms. The number of rotatable bonds is 6. The Morgan fingerprint density at radius 2 is 2.00 bits per heavy atom. The average Bonchev–Trinajstić information content (AvgIpc) is 2.89. The van der Waals surface area contributed by atoms with Gasteiger partial charge in [-0.3, -0.25) is 9.20 Å². The number of hydrogen-bond acceptors (Lipinski definition) is 3. The fourth-order valence-electron chi connectivity index (χ4n) is 2.77. The van der Waals surface area contributed by atoms with Gasteiger partial charge in [-0.05, 0) is 24.7 Å². The van der Waals surface area contributed by atoms with Crippen molar-refractivity contribution in [1.82, 2.24) is 14.7 Å². The quantitative estimate of drug-likeness (QED) is 0.890. The minimum absolute atomic E-state index is 0.0901. The van der Waals surface area contributed by atoms with E-state index in [-0.39, 0.29) is 5.91 Å². The first-order valence-corrected chi connectivity index (χ1v) is 8.45. The zero-order valence-corrected chi connectivity index (χ0v) is 14.3. The number of hydrogen-bond donors (Lipinski definition) is 1. The summed E-state index contributed by atoms with van der Waals surface area (Å²) in [7, 11) is 0. The molecule has 0 saturated carbocycles. The molecule has 0 aliphatic rings. The molecule has 0 saturated heterocycles. The van der Waals surface area contributed by atoms with E-state index in [4.69, 9.17) is 0 Å². The molecule has 1 amide bonds. The van der Waals surface area contributed by atoms with E-state index in [0.717, 1.165) is 22.9 Å². The molecular weight excluding hydrogens is 282 g/mol. The molecule has 2 rings (SSSR count). The highest BCUT2D eigenvalue weighted by Gasteiger charge is 2.18. The number of amides is 1. The van der Waals surface area contributed by atoms with Crippen molar-refractivity contribution in [3.05, 3.63) is 23.0 Å². The summed E-state index contributed by atoms with van der Waals surface area (Å²) in [5, 5.41) is 5.10. The maximum absolute atomic E-state index is 12.2. The van der Waals surface area contributed by atoms with Crippen molar-refractivity contribution in [1.29, 1.82) is 0 Å². The van der Waals surface area contributed by atoms with Crippen LogP contribution in [0, 0.1) is 24.7 Å². The van der Waals surface area contributed by atoms with Gasteiger partial charge in [-0.2, -0.15) is 0 Å². The highest BCUT2D eigenvalue weighted by molar-refractivity contribution is 7.15. The molecular formula is C16H25N3OS. The van der Waals surface area contributed by atoms with Crippen molar-refractivity contribution in [2.45, 2.75) is 41.0 Å². The van der Waals surface area contributed by atoms with Crippen molar-refractivity contribution >= 4 is 22.2 Å². The number of nitrogens with zero attached hydrogens (tertiary/aromatic N) is 2. The lowest BCUT2D eigenvalue weighted by Gasteiger charge is -2.25. The van der Waals surface area contributed by atoms with Crippen LogP contribution in [0.25, 0.3) is 4.96 Å². The second-order valence-corrected chi connectivity index (χ2v) is 7.23. The van der Waals surface area contributed by atoms with Gasteiger partial charge >= 0.3 is 0 Å². The summed E-state index contributed by atoms with van der Waals surface area (Å²) in [5.41, 5.74) is 2.00. The monoisotopic (exact) mass is 307 g/mol. The molecule has 0 aromatic carbocycles. The maximum atomic E-state index is 12.2. The molecule has 0 unspecified atom stereocenters. The number of imidazole rings is 1. The van der Waals surface area contributed by atoms with Crippen molar-refractivity contribution in [3.8, 4) is 0 Å². The zero-order valence-electron chi connectivity index (χ0n) is 13.5. The second-order valence-electron chi connectivity index (χ2n) is 6.39. The molecule has 5 heteroatoms. The highest BCUT2D eigenvalue weighted by Crippen LogP contribution is 2.20. The van der Waals surface area contributed by atoms with Crippen LogP contribution in [-0.2, 0) is 11.2 Å². The zero-order chi connectivity index (χ0) is 15.6. The Bertz CT molecular complexity index is 604. The van der Waals surface area contributed by atoms with Crippen LogP contribution in [0.5, 0.6) is 0 Å². The summed E-state index contributed by atoms with van der Waals surface area (Å²) in [6.07, 6.45) is 2.40. The van der Waals surface area contributed by atoms with Gasteiger partial charge in [0.1, 0.15) is 0 Å². The smallest absolute Gasteiger partial charge is 0.225 e. The van der Waals surface area contributed by atoms with Crippen LogP contribution in [0.3, 0.4) is 0 Å². The number of carbonyl (C=O) groups is 1. The van der Waals surface area contributed by atoms with E-state index in [1.165, 1.54) is 0 Å². The fourth-order valence-corrected chi connectivity index (χ4v) is 3.69. The number of aromatic nitrogens is 2. The molecule has 2 heterocycles. The molecule has 21 heavy (non-hydrogen) atoms. The minimum Gasteiger partial charge on any atom is -0.355 e. The van der Waals surface area contributed by atoms with E-state index in [2.05, 4.69) is 38.0 Å². The highest BCUT2D eigenvalue weighted by atomic mass is 32.1. The first-order chi connectivity index (χ1) is 9.88. The average molecular weight is 307 g/mol. The van der Waals surface area contributed by atoms with Gasteiger partial charge in [0.05, 0.1) is 12.1 Å². The van der Waals surface area contributed by atoms with E-state index in [1.807, 2.05) is 22.9 Å². The van der Waals surface area contributed by atoms with Crippen LogP contribution in [0.4, 0.5) is 0 Å². The van der Waals surface area contributed by atoms with E-state index in [9.17, 15) is 4.79 Å². The van der Waals surface area contributed by atoms with Crippen LogP contribution in [-0.4, -0.2) is 21.8 Å². The van der Waals surface area contributed by atoms with Gasteiger partial charge in [0, 0.05) is 23.8 Å². The number of carbonyl (C=O) groups excluding carboxylic acids is 1. The summed E-state index contributed by atoms with van der Waals surface area (Å²) in [4.78, 5) is 17.5. The van der Waals surface area contributed by atoms with Crippen molar-refractivity contribution in [3.63, 3.8) is 0 Å². The number of fused-ring (bicyclic) bond motifs is 1. The van der Waals surface area contributed by atoms with Gasteiger partial charge in [0.2, 0.25) is 5.91 Å². The van der Waals surface area contributed by atoms with Crippen molar-refractivity contribution in [2.75, 3.05) is 6.54 Å².